The van der Waals surface area contributed by atoms with E-state index in [1.54, 1.807) is 0 Å². The van der Waals surface area contributed by atoms with Gasteiger partial charge in [0, 0.05) is 18.5 Å². The molecule has 0 aromatic heterocycles. The van der Waals surface area contributed by atoms with Crippen LogP contribution in [0.15, 0.2) is 24.3 Å². The Hall–Kier alpha value is -1.55. The van der Waals surface area contributed by atoms with Crippen LogP contribution in [0.5, 0.6) is 5.75 Å². The van der Waals surface area contributed by atoms with E-state index in [0.29, 0.717) is 25.5 Å². The lowest BCUT2D eigenvalue weighted by molar-refractivity contribution is -0.121. The Bertz CT molecular complexity index is 419. The molecule has 1 aromatic rings. The molecule has 1 amide bonds. The summed E-state index contributed by atoms with van der Waals surface area (Å²) in [5, 5.41) is 5.99. The summed E-state index contributed by atoms with van der Waals surface area (Å²) in [6.45, 7) is 6.46. The highest BCUT2D eigenvalue weighted by Gasteiger charge is 2.06. The number of rotatable bonds is 10. The van der Waals surface area contributed by atoms with Crippen LogP contribution >= 0.6 is 0 Å². The average Bonchev–Trinajstić information content (AvgIpc) is 2.46. The molecule has 0 aliphatic rings. The summed E-state index contributed by atoms with van der Waals surface area (Å²) < 4.78 is 5.82. The Labute approximate surface area is 128 Å². The van der Waals surface area contributed by atoms with Crippen LogP contribution in [0.2, 0.25) is 0 Å². The first-order valence-electron chi connectivity index (χ1n) is 7.75. The van der Waals surface area contributed by atoms with Crippen LogP contribution in [-0.4, -0.2) is 26.1 Å². The molecule has 1 rings (SSSR count). The molecule has 0 spiro atoms. The van der Waals surface area contributed by atoms with Crippen molar-refractivity contribution in [2.75, 3.05) is 20.2 Å². The number of nitrogens with one attached hydrogen (secondary N) is 2. The summed E-state index contributed by atoms with van der Waals surface area (Å²) in [7, 11) is 1.89. The Balaban J connectivity index is 2.41. The third-order valence-electron chi connectivity index (χ3n) is 3.23. The summed E-state index contributed by atoms with van der Waals surface area (Å²) in [6.07, 6.45) is 2.44. The van der Waals surface area contributed by atoms with E-state index in [1.165, 1.54) is 0 Å². The second kappa shape index (κ2) is 10.2. The van der Waals surface area contributed by atoms with Crippen molar-refractivity contribution in [2.45, 2.75) is 39.7 Å². The van der Waals surface area contributed by atoms with E-state index < -0.39 is 0 Å². The number of carbonyl (C=O) groups excluding carboxylic acids is 1. The summed E-state index contributed by atoms with van der Waals surface area (Å²) in [4.78, 5) is 11.7. The highest BCUT2D eigenvalue weighted by Crippen LogP contribution is 2.18. The van der Waals surface area contributed by atoms with Crippen molar-refractivity contribution in [1.29, 1.82) is 0 Å². The summed E-state index contributed by atoms with van der Waals surface area (Å²) in [5.41, 5.74) is 1.03. The molecule has 2 N–H and O–H groups in total. The average molecular weight is 292 g/mol. The lowest BCUT2D eigenvalue weighted by Crippen LogP contribution is -2.24. The maximum absolute atomic E-state index is 11.7. The van der Waals surface area contributed by atoms with Gasteiger partial charge in [-0.25, -0.2) is 0 Å². The molecule has 0 radical (unpaired) electrons. The van der Waals surface area contributed by atoms with Gasteiger partial charge >= 0.3 is 0 Å². The number of hydrogen-bond acceptors (Lipinski definition) is 3. The number of amides is 1. The van der Waals surface area contributed by atoms with Gasteiger partial charge in [0.1, 0.15) is 5.75 Å². The first-order valence-corrected chi connectivity index (χ1v) is 7.75. The molecule has 0 saturated carbocycles. The van der Waals surface area contributed by atoms with Crippen molar-refractivity contribution in [1.82, 2.24) is 10.6 Å². The smallest absolute Gasteiger partial charge is 0.220 e. The molecule has 4 nitrogen and oxygen atoms in total. The van der Waals surface area contributed by atoms with Crippen molar-refractivity contribution in [3.05, 3.63) is 29.8 Å². The van der Waals surface area contributed by atoms with E-state index in [-0.39, 0.29) is 5.91 Å². The van der Waals surface area contributed by atoms with Crippen LogP contribution in [0.3, 0.4) is 0 Å². The number of ether oxygens (including phenoxy) is 1. The molecule has 0 aliphatic carbocycles. The van der Waals surface area contributed by atoms with Gasteiger partial charge in [-0.05, 0) is 38.4 Å². The van der Waals surface area contributed by atoms with Crippen LogP contribution in [0, 0.1) is 5.92 Å². The SMILES string of the molecule is CNCCCC(=O)NCc1ccccc1OCCC(C)C. The van der Waals surface area contributed by atoms with Gasteiger partial charge in [0.05, 0.1) is 6.61 Å². The van der Waals surface area contributed by atoms with Gasteiger partial charge in [-0.2, -0.15) is 0 Å². The first-order chi connectivity index (χ1) is 10.1. The minimum atomic E-state index is 0.0854. The van der Waals surface area contributed by atoms with Gasteiger partial charge in [0.25, 0.3) is 0 Å². The van der Waals surface area contributed by atoms with Crippen LogP contribution < -0.4 is 15.4 Å². The summed E-state index contributed by atoms with van der Waals surface area (Å²) >= 11 is 0. The number of hydrogen-bond donors (Lipinski definition) is 2. The monoisotopic (exact) mass is 292 g/mol. The summed E-state index contributed by atoms with van der Waals surface area (Å²) in [6, 6.07) is 7.89. The van der Waals surface area contributed by atoms with Gasteiger partial charge in [-0.1, -0.05) is 32.0 Å². The van der Waals surface area contributed by atoms with Crippen molar-refractivity contribution < 1.29 is 9.53 Å². The maximum atomic E-state index is 11.7. The zero-order valence-electron chi connectivity index (χ0n) is 13.4. The maximum Gasteiger partial charge on any atom is 0.220 e. The first kappa shape index (κ1) is 17.5. The van der Waals surface area contributed by atoms with Gasteiger partial charge in [-0.3, -0.25) is 4.79 Å². The van der Waals surface area contributed by atoms with E-state index >= 15 is 0 Å². The molecule has 118 valence electrons. The third-order valence-corrected chi connectivity index (χ3v) is 3.23. The molecule has 0 bridgehead atoms. The van der Waals surface area contributed by atoms with Crippen LogP contribution in [0.4, 0.5) is 0 Å². The molecule has 4 heteroatoms. The van der Waals surface area contributed by atoms with E-state index in [1.807, 2.05) is 31.3 Å². The Morgan fingerprint density at radius 1 is 1.29 bits per heavy atom. The molecular weight excluding hydrogens is 264 g/mol. The minimum absolute atomic E-state index is 0.0854. The Kier molecular flexibility index (Phi) is 8.51. The number of carbonyl (C=O) groups is 1. The Morgan fingerprint density at radius 3 is 2.76 bits per heavy atom. The quantitative estimate of drug-likeness (QED) is 0.652. The van der Waals surface area contributed by atoms with Crippen LogP contribution in [0.25, 0.3) is 0 Å². The molecule has 0 heterocycles. The van der Waals surface area contributed by atoms with Gasteiger partial charge in [0.15, 0.2) is 0 Å². The van der Waals surface area contributed by atoms with Gasteiger partial charge in [0.2, 0.25) is 5.91 Å². The largest absolute Gasteiger partial charge is 0.493 e. The minimum Gasteiger partial charge on any atom is -0.493 e. The number of benzene rings is 1. The Morgan fingerprint density at radius 2 is 2.05 bits per heavy atom. The summed E-state index contributed by atoms with van der Waals surface area (Å²) in [5.74, 6) is 1.58. The van der Waals surface area contributed by atoms with Gasteiger partial charge < -0.3 is 15.4 Å². The topological polar surface area (TPSA) is 50.4 Å². The predicted molar refractivity (Wildman–Crippen MR) is 86.4 cm³/mol. The van der Waals surface area contributed by atoms with E-state index in [0.717, 1.165) is 30.7 Å². The van der Waals surface area contributed by atoms with Crippen molar-refractivity contribution >= 4 is 5.91 Å². The fourth-order valence-corrected chi connectivity index (χ4v) is 1.90. The molecule has 1 aromatic carbocycles. The second-order valence-corrected chi connectivity index (χ2v) is 5.62. The fourth-order valence-electron chi connectivity index (χ4n) is 1.90. The molecule has 0 fully saturated rings. The second-order valence-electron chi connectivity index (χ2n) is 5.62. The molecule has 0 unspecified atom stereocenters. The van der Waals surface area contributed by atoms with Crippen LogP contribution in [-0.2, 0) is 11.3 Å². The van der Waals surface area contributed by atoms with Crippen molar-refractivity contribution in [3.8, 4) is 5.75 Å². The highest BCUT2D eigenvalue weighted by molar-refractivity contribution is 5.75. The predicted octanol–water partition coefficient (Wildman–Crippen LogP) is 2.73. The molecule has 0 atom stereocenters. The van der Waals surface area contributed by atoms with Crippen molar-refractivity contribution in [2.24, 2.45) is 5.92 Å². The zero-order valence-corrected chi connectivity index (χ0v) is 13.4. The molecular formula is C17H28N2O2. The zero-order chi connectivity index (χ0) is 15.5. The lowest BCUT2D eigenvalue weighted by atomic mass is 10.1. The van der Waals surface area contributed by atoms with Gasteiger partial charge in [-0.15, -0.1) is 0 Å². The lowest BCUT2D eigenvalue weighted by Gasteiger charge is -2.13. The van der Waals surface area contributed by atoms with Crippen LogP contribution in [0.1, 0.15) is 38.7 Å². The van der Waals surface area contributed by atoms with E-state index in [4.69, 9.17) is 4.74 Å². The molecule has 21 heavy (non-hydrogen) atoms. The van der Waals surface area contributed by atoms with E-state index in [9.17, 15) is 4.79 Å². The van der Waals surface area contributed by atoms with Crippen molar-refractivity contribution in [3.63, 3.8) is 0 Å². The standard InChI is InChI=1S/C17H28N2O2/c1-14(2)10-12-21-16-8-5-4-7-15(16)13-19-17(20)9-6-11-18-3/h4-5,7-8,14,18H,6,9-13H2,1-3H3,(H,19,20). The fraction of sp³-hybridized carbons (Fsp3) is 0.588. The third kappa shape index (κ3) is 7.71. The van der Waals surface area contributed by atoms with E-state index in [2.05, 4.69) is 24.5 Å². The number of para-hydroxylation sites is 1. The normalized spacial score (nSPS) is 10.7. The molecule has 0 aliphatic heterocycles. The molecule has 0 saturated heterocycles. The highest BCUT2D eigenvalue weighted by atomic mass is 16.5.